The zero-order valence-corrected chi connectivity index (χ0v) is 11.4. The third kappa shape index (κ3) is 4.82. The number of rotatable bonds is 5. The first-order valence-electron chi connectivity index (χ1n) is 5.28. The van der Waals surface area contributed by atoms with Crippen molar-refractivity contribution in [3.63, 3.8) is 0 Å². The van der Waals surface area contributed by atoms with E-state index in [0.29, 0.717) is 0 Å². The van der Waals surface area contributed by atoms with Crippen LogP contribution in [0.25, 0.3) is 0 Å². The minimum absolute atomic E-state index is 0.924. The van der Waals surface area contributed by atoms with E-state index in [0.717, 1.165) is 27.7 Å². The average molecular weight is 292 g/mol. The molecule has 20 heavy (non-hydrogen) atoms. The highest BCUT2D eigenvalue weighted by molar-refractivity contribution is 5.71. The van der Waals surface area contributed by atoms with Crippen molar-refractivity contribution in [1.29, 1.82) is 0 Å². The highest BCUT2D eigenvalue weighted by Gasteiger charge is 2.60. The smallest absolute Gasteiger partial charge is 0.401 e. The summed E-state index contributed by atoms with van der Waals surface area (Å²) in [7, 11) is 0. The molecule has 0 fully saturated rings. The van der Waals surface area contributed by atoms with Crippen LogP contribution < -0.4 is 11.5 Å². The zero-order valence-electron chi connectivity index (χ0n) is 11.4. The van der Waals surface area contributed by atoms with Gasteiger partial charge in [0.1, 0.15) is 0 Å². The molecule has 0 unspecified atom stereocenters. The summed E-state index contributed by atoms with van der Waals surface area (Å²) in [5, 5.41) is 0. The lowest BCUT2D eigenvalue weighted by Gasteiger charge is -2.39. The summed E-state index contributed by atoms with van der Waals surface area (Å²) in [5.74, 6) is -9.79. The first-order chi connectivity index (χ1) is 8.92. The standard InChI is InChI=1S/C10H16N2O8/c1-5(13)17-9(11,18-6(2)14)10(12,19-7(3)15)20-8(4)16/h11-12H2,1-4H3. The van der Waals surface area contributed by atoms with Crippen molar-refractivity contribution in [3.8, 4) is 0 Å². The van der Waals surface area contributed by atoms with E-state index in [1.165, 1.54) is 0 Å². The van der Waals surface area contributed by atoms with E-state index in [4.69, 9.17) is 11.5 Å². The number of ether oxygens (including phenoxy) is 4. The predicted octanol–water partition coefficient (Wildman–Crippen LogP) is -1.54. The van der Waals surface area contributed by atoms with Crippen molar-refractivity contribution < 1.29 is 38.1 Å². The maximum absolute atomic E-state index is 11.0. The Hall–Kier alpha value is -2.20. The molecule has 0 aliphatic carbocycles. The zero-order chi connectivity index (χ0) is 16.1. The fraction of sp³-hybridized carbons (Fsp3) is 0.600. The molecule has 10 nitrogen and oxygen atoms in total. The molecule has 0 saturated carbocycles. The van der Waals surface area contributed by atoms with E-state index >= 15 is 0 Å². The molecule has 0 amide bonds. The lowest BCUT2D eigenvalue weighted by Crippen LogP contribution is -2.73. The third-order valence-corrected chi connectivity index (χ3v) is 1.67. The maximum Gasteiger partial charge on any atom is 0.413 e. The Morgan fingerprint density at radius 2 is 0.750 bits per heavy atom. The van der Waals surface area contributed by atoms with E-state index in [2.05, 4.69) is 18.9 Å². The first-order valence-corrected chi connectivity index (χ1v) is 5.28. The molecule has 0 aliphatic rings. The predicted molar refractivity (Wildman–Crippen MR) is 60.9 cm³/mol. The highest BCUT2D eigenvalue weighted by Crippen LogP contribution is 2.25. The summed E-state index contributed by atoms with van der Waals surface area (Å²) in [5.41, 5.74) is 11.0. The summed E-state index contributed by atoms with van der Waals surface area (Å²) in [6.45, 7) is 3.69. The van der Waals surface area contributed by atoms with Crippen LogP contribution in [0, 0.1) is 0 Å². The van der Waals surface area contributed by atoms with Crippen molar-refractivity contribution in [2.45, 2.75) is 39.5 Å². The molecule has 0 spiro atoms. The molecule has 0 aromatic carbocycles. The molecule has 0 atom stereocenters. The molecular weight excluding hydrogens is 276 g/mol. The third-order valence-electron chi connectivity index (χ3n) is 1.67. The van der Waals surface area contributed by atoms with Gasteiger partial charge < -0.3 is 18.9 Å². The lowest BCUT2D eigenvalue weighted by atomic mass is 10.3. The van der Waals surface area contributed by atoms with Crippen molar-refractivity contribution in [2.75, 3.05) is 0 Å². The molecule has 0 bridgehead atoms. The second kappa shape index (κ2) is 6.30. The second-order valence-electron chi connectivity index (χ2n) is 3.71. The van der Waals surface area contributed by atoms with Gasteiger partial charge in [-0.05, 0) is 0 Å². The Labute approximate surface area is 114 Å². The summed E-state index contributed by atoms with van der Waals surface area (Å²) >= 11 is 0. The fourth-order valence-electron chi connectivity index (χ4n) is 1.18. The lowest BCUT2D eigenvalue weighted by molar-refractivity contribution is -0.359. The molecule has 0 aromatic heterocycles. The molecular formula is C10H16N2O8. The van der Waals surface area contributed by atoms with Crippen LogP contribution in [0.15, 0.2) is 0 Å². The Kier molecular flexibility index (Phi) is 5.61. The summed E-state index contributed by atoms with van der Waals surface area (Å²) in [4.78, 5) is 44.1. The molecule has 10 heteroatoms. The number of carbonyl (C=O) groups is 4. The number of hydrogen-bond acceptors (Lipinski definition) is 10. The molecule has 0 rings (SSSR count). The molecule has 0 heterocycles. The van der Waals surface area contributed by atoms with Gasteiger partial charge in [0.2, 0.25) is 0 Å². The molecule has 0 radical (unpaired) electrons. The van der Waals surface area contributed by atoms with Crippen LogP contribution in [0.5, 0.6) is 0 Å². The normalized spacial score (nSPS) is 11.3. The van der Waals surface area contributed by atoms with Gasteiger partial charge in [0.15, 0.2) is 0 Å². The monoisotopic (exact) mass is 292 g/mol. The van der Waals surface area contributed by atoms with Crippen LogP contribution in [0.1, 0.15) is 27.7 Å². The van der Waals surface area contributed by atoms with E-state index in [1.54, 1.807) is 0 Å². The van der Waals surface area contributed by atoms with Gasteiger partial charge in [-0.3, -0.25) is 19.2 Å². The number of esters is 4. The van der Waals surface area contributed by atoms with E-state index in [-0.39, 0.29) is 0 Å². The molecule has 4 N–H and O–H groups in total. The van der Waals surface area contributed by atoms with Crippen LogP contribution in [0.4, 0.5) is 0 Å². The van der Waals surface area contributed by atoms with Gasteiger partial charge in [-0.15, -0.1) is 0 Å². The fourth-order valence-corrected chi connectivity index (χ4v) is 1.18. The number of carbonyl (C=O) groups excluding carboxylic acids is 4. The number of hydrogen-bond donors (Lipinski definition) is 2. The maximum atomic E-state index is 11.0. The summed E-state index contributed by atoms with van der Waals surface area (Å²) in [6.07, 6.45) is 0. The van der Waals surface area contributed by atoms with Crippen LogP contribution >= 0.6 is 0 Å². The quantitative estimate of drug-likeness (QED) is 0.449. The second-order valence-corrected chi connectivity index (χ2v) is 3.71. The molecule has 0 saturated heterocycles. The van der Waals surface area contributed by atoms with Crippen molar-refractivity contribution in [2.24, 2.45) is 11.5 Å². The van der Waals surface area contributed by atoms with E-state index < -0.39 is 35.7 Å². The molecule has 0 aromatic rings. The van der Waals surface area contributed by atoms with Gasteiger partial charge in [0.05, 0.1) is 0 Å². The largest absolute Gasteiger partial charge is 0.413 e. The van der Waals surface area contributed by atoms with Crippen LogP contribution in [-0.2, 0) is 38.1 Å². The molecule has 114 valence electrons. The summed E-state index contributed by atoms with van der Waals surface area (Å²) in [6, 6.07) is 0. The topological polar surface area (TPSA) is 157 Å². The van der Waals surface area contributed by atoms with E-state index in [1.807, 2.05) is 0 Å². The SMILES string of the molecule is CC(=O)OC(N)(OC(C)=O)C(N)(OC(C)=O)OC(C)=O. The molecule has 0 aliphatic heterocycles. The van der Waals surface area contributed by atoms with Crippen LogP contribution in [-0.4, -0.2) is 35.7 Å². The van der Waals surface area contributed by atoms with Crippen LogP contribution in [0.2, 0.25) is 0 Å². The highest BCUT2D eigenvalue weighted by atomic mass is 16.8. The van der Waals surface area contributed by atoms with Crippen molar-refractivity contribution in [3.05, 3.63) is 0 Å². The first kappa shape index (κ1) is 17.8. The van der Waals surface area contributed by atoms with Gasteiger partial charge in [-0.1, -0.05) is 0 Å². The Balaban J connectivity index is 5.70. The van der Waals surface area contributed by atoms with Crippen molar-refractivity contribution in [1.82, 2.24) is 0 Å². The number of nitrogens with two attached hydrogens (primary N) is 2. The van der Waals surface area contributed by atoms with Crippen LogP contribution in [0.3, 0.4) is 0 Å². The Morgan fingerprint density at radius 3 is 0.850 bits per heavy atom. The summed E-state index contributed by atoms with van der Waals surface area (Å²) < 4.78 is 18.1. The van der Waals surface area contributed by atoms with Gasteiger partial charge in [0, 0.05) is 27.7 Å². The van der Waals surface area contributed by atoms with Gasteiger partial charge in [-0.2, -0.15) is 0 Å². The van der Waals surface area contributed by atoms with Gasteiger partial charge in [0.25, 0.3) is 0 Å². The minimum atomic E-state index is -2.85. The van der Waals surface area contributed by atoms with Gasteiger partial charge in [-0.25, -0.2) is 11.5 Å². The minimum Gasteiger partial charge on any atom is -0.401 e. The average Bonchev–Trinajstić information content (AvgIpc) is 2.10. The van der Waals surface area contributed by atoms with E-state index in [9.17, 15) is 19.2 Å². The Bertz CT molecular complexity index is 361. The van der Waals surface area contributed by atoms with Gasteiger partial charge >= 0.3 is 35.7 Å². The van der Waals surface area contributed by atoms with Crippen molar-refractivity contribution >= 4 is 23.9 Å². The Morgan fingerprint density at radius 1 is 0.600 bits per heavy atom.